The molecule has 3 N–H and O–H groups in total. The molecular formula is C34H40F3N5O7S2. The summed E-state index contributed by atoms with van der Waals surface area (Å²) in [5, 5.41) is 4.95. The van der Waals surface area contributed by atoms with Gasteiger partial charge in [-0.15, -0.1) is 11.3 Å². The summed E-state index contributed by atoms with van der Waals surface area (Å²) in [4.78, 5) is 61.2. The number of halogens is 3. The largest absolute Gasteiger partial charge is 0.446 e. The Labute approximate surface area is 297 Å². The summed E-state index contributed by atoms with van der Waals surface area (Å²) >= 11 is 1.26. The van der Waals surface area contributed by atoms with Crippen LogP contribution in [0, 0.1) is 31.6 Å². The number of alkyl halides is 3. The summed E-state index contributed by atoms with van der Waals surface area (Å²) in [6.45, 7) is 4.01. The number of rotatable bonds is 6. The predicted octanol–water partition coefficient (Wildman–Crippen LogP) is 5.07. The van der Waals surface area contributed by atoms with Crippen LogP contribution in [0.2, 0.25) is 0 Å². The van der Waals surface area contributed by atoms with Crippen molar-refractivity contribution >= 4 is 50.9 Å². The van der Waals surface area contributed by atoms with E-state index in [1.54, 1.807) is 14.0 Å². The monoisotopic (exact) mass is 751 g/mol. The molecule has 4 aliphatic rings. The fourth-order valence-electron chi connectivity index (χ4n) is 6.78. The Hall–Kier alpha value is -3.99. The number of carbonyl (C=O) groups excluding carboxylic acids is 4. The van der Waals surface area contributed by atoms with Gasteiger partial charge < -0.3 is 15.0 Å². The third kappa shape index (κ3) is 7.93. The highest BCUT2D eigenvalue weighted by Crippen LogP contribution is 2.47. The molecule has 3 saturated carbocycles. The van der Waals surface area contributed by atoms with Gasteiger partial charge in [-0.1, -0.05) is 12.2 Å². The highest BCUT2D eigenvalue weighted by atomic mass is 32.2. The number of thiazole rings is 1. The van der Waals surface area contributed by atoms with Gasteiger partial charge in [0.05, 0.1) is 34.0 Å². The molecule has 2 heterocycles. The Bertz CT molecular complexity index is 1860. The Morgan fingerprint density at radius 1 is 1.12 bits per heavy atom. The number of nitrogens with one attached hydrogen (secondary N) is 3. The van der Waals surface area contributed by atoms with E-state index in [4.69, 9.17) is 4.74 Å². The summed E-state index contributed by atoms with van der Waals surface area (Å²) in [5.41, 5.74) is -1.73. The van der Waals surface area contributed by atoms with Crippen molar-refractivity contribution in [3.8, 4) is 10.6 Å². The summed E-state index contributed by atoms with van der Waals surface area (Å²) in [6.07, 6.45) is -0.0575. The number of amides is 4. The van der Waals surface area contributed by atoms with E-state index < -0.39 is 74.3 Å². The zero-order chi connectivity index (χ0) is 36.9. The first-order valence-electron chi connectivity index (χ1n) is 16.9. The van der Waals surface area contributed by atoms with Gasteiger partial charge in [-0.25, -0.2) is 18.2 Å². The first-order valence-corrected chi connectivity index (χ1v) is 19.3. The highest BCUT2D eigenvalue weighted by molar-refractivity contribution is 7.91. The number of hydrogen-bond donors (Lipinski definition) is 3. The fraction of sp³-hybridized carbons (Fsp3) is 0.559. The Morgan fingerprint density at radius 3 is 2.51 bits per heavy atom. The average Bonchev–Trinajstić information content (AvgIpc) is 3.96. The SMILES string of the molecule is Cc1nc(-c2ccc(C(F)(F)F)cc2NC(=O)O[C@@H]2C[C@H]3C(=O)N[C@]4(C(=O)NS(=O)(=O)C5CC5)C[C@@H]4/C=C\CCCCN(C)C(=O)[C@@H]3C2)sc1C. The molecule has 12 nitrogen and oxygen atoms in total. The maximum atomic E-state index is 14.0. The second-order valence-electron chi connectivity index (χ2n) is 13.9. The smallest absolute Gasteiger partial charge is 0.416 e. The Kier molecular flexibility index (Phi) is 10.00. The van der Waals surface area contributed by atoms with Gasteiger partial charge in [0.1, 0.15) is 16.7 Å². The number of sulfonamides is 1. The molecule has 0 spiro atoms. The van der Waals surface area contributed by atoms with Crippen molar-refractivity contribution < 1.29 is 45.5 Å². The summed E-state index contributed by atoms with van der Waals surface area (Å²) in [5.74, 6) is -4.29. The topological polar surface area (TPSA) is 164 Å². The molecule has 51 heavy (non-hydrogen) atoms. The number of aromatic nitrogens is 1. The zero-order valence-corrected chi connectivity index (χ0v) is 30.0. The van der Waals surface area contributed by atoms with Gasteiger partial charge in [0.25, 0.3) is 5.91 Å². The van der Waals surface area contributed by atoms with Crippen molar-refractivity contribution in [1.29, 1.82) is 0 Å². The lowest BCUT2D eigenvalue weighted by Gasteiger charge is -2.26. The number of benzene rings is 1. The second kappa shape index (κ2) is 13.9. The van der Waals surface area contributed by atoms with E-state index in [2.05, 4.69) is 20.3 Å². The summed E-state index contributed by atoms with van der Waals surface area (Å²) in [6, 6.07) is 2.94. The van der Waals surface area contributed by atoms with E-state index in [1.165, 1.54) is 22.3 Å². The van der Waals surface area contributed by atoms with Crippen LogP contribution in [0.4, 0.5) is 23.7 Å². The Morgan fingerprint density at radius 2 is 1.84 bits per heavy atom. The predicted molar refractivity (Wildman–Crippen MR) is 182 cm³/mol. The molecule has 3 fully saturated rings. The molecule has 0 saturated heterocycles. The average molecular weight is 752 g/mol. The van der Waals surface area contributed by atoms with E-state index in [1.807, 2.05) is 19.1 Å². The number of fused-ring (bicyclic) bond motifs is 2. The van der Waals surface area contributed by atoms with Crippen molar-refractivity contribution in [2.45, 2.75) is 88.3 Å². The van der Waals surface area contributed by atoms with E-state index in [0.29, 0.717) is 42.9 Å². The maximum Gasteiger partial charge on any atom is 0.416 e. The minimum absolute atomic E-state index is 0.0480. The number of nitrogens with zero attached hydrogens (tertiary/aromatic N) is 2. The van der Waals surface area contributed by atoms with Crippen LogP contribution in [0.25, 0.3) is 10.6 Å². The lowest BCUT2D eigenvalue weighted by molar-refractivity contribution is -0.140. The first-order chi connectivity index (χ1) is 24.0. The van der Waals surface area contributed by atoms with E-state index in [-0.39, 0.29) is 36.4 Å². The molecule has 2 aromatic rings. The molecule has 1 aliphatic heterocycles. The molecule has 0 radical (unpaired) electrons. The number of anilines is 1. The molecule has 0 unspecified atom stereocenters. The highest BCUT2D eigenvalue weighted by Gasteiger charge is 2.62. The first kappa shape index (κ1) is 36.8. The molecule has 17 heteroatoms. The number of carbonyl (C=O) groups is 4. The molecular weight excluding hydrogens is 712 g/mol. The van der Waals surface area contributed by atoms with Crippen LogP contribution in [0.15, 0.2) is 30.4 Å². The molecule has 3 aliphatic carbocycles. The molecule has 276 valence electrons. The molecule has 5 atom stereocenters. The standard InChI is InChI=1S/C34H40F3N5O7S2/c1-18-19(2)50-29(38-18)24-12-9-20(34(35,36)37)14-27(24)39-32(46)49-22-15-25-26(16-22)30(44)42(3)13-7-5-4-6-8-21-17-33(21,40-28(25)43)31(45)41-51(47,48)23-10-11-23/h6,8-9,12,14,21-23,25-26H,4-5,7,10-11,13,15-17H2,1-3H3,(H,39,46)(H,40,43)(H,41,45)/b8-6-/t21-,22+,25+,26+,33+/m0/s1. The number of aryl methyl sites for hydroxylation is 2. The summed E-state index contributed by atoms with van der Waals surface area (Å²) < 4.78 is 74.1. The lowest BCUT2D eigenvalue weighted by Crippen LogP contribution is -2.54. The number of ether oxygens (including phenoxy) is 1. The molecule has 1 aromatic heterocycles. The van der Waals surface area contributed by atoms with Crippen LogP contribution in [0.1, 0.15) is 67.5 Å². The van der Waals surface area contributed by atoms with Crippen LogP contribution in [0.5, 0.6) is 0 Å². The van der Waals surface area contributed by atoms with Gasteiger partial charge in [0, 0.05) is 30.0 Å². The van der Waals surface area contributed by atoms with Gasteiger partial charge in [-0.3, -0.25) is 24.4 Å². The number of hydrogen-bond acceptors (Lipinski definition) is 9. The fourth-order valence-corrected chi connectivity index (χ4v) is 9.10. The van der Waals surface area contributed by atoms with Crippen LogP contribution in [0.3, 0.4) is 0 Å². The maximum absolute atomic E-state index is 14.0. The normalized spacial score (nSPS) is 27.8. The third-order valence-corrected chi connectivity index (χ3v) is 13.0. The van der Waals surface area contributed by atoms with Gasteiger partial charge >= 0.3 is 12.3 Å². The zero-order valence-electron chi connectivity index (χ0n) is 28.3. The van der Waals surface area contributed by atoms with Crippen LogP contribution >= 0.6 is 11.3 Å². The number of allylic oxidation sites excluding steroid dienone is 1. The molecule has 1 aromatic carbocycles. The second-order valence-corrected chi connectivity index (χ2v) is 17.0. The van der Waals surface area contributed by atoms with E-state index >= 15 is 0 Å². The quantitative estimate of drug-likeness (QED) is 0.345. The van der Waals surface area contributed by atoms with Crippen molar-refractivity contribution in [3.05, 3.63) is 46.5 Å². The van der Waals surface area contributed by atoms with Crippen molar-refractivity contribution in [2.24, 2.45) is 17.8 Å². The van der Waals surface area contributed by atoms with Crippen LogP contribution < -0.4 is 15.4 Å². The molecule has 4 amide bonds. The van der Waals surface area contributed by atoms with Gasteiger partial charge in [-0.2, -0.15) is 13.2 Å². The van der Waals surface area contributed by atoms with Crippen LogP contribution in [-0.2, 0) is 35.3 Å². The summed E-state index contributed by atoms with van der Waals surface area (Å²) in [7, 11) is -2.29. The molecule has 6 rings (SSSR count). The van der Waals surface area contributed by atoms with Crippen molar-refractivity contribution in [1.82, 2.24) is 19.9 Å². The van der Waals surface area contributed by atoms with Crippen molar-refractivity contribution in [2.75, 3.05) is 18.9 Å². The van der Waals surface area contributed by atoms with Gasteiger partial charge in [0.15, 0.2) is 0 Å². The minimum atomic E-state index is -4.69. The minimum Gasteiger partial charge on any atom is -0.446 e. The van der Waals surface area contributed by atoms with Gasteiger partial charge in [-0.05, 0) is 83.4 Å². The van der Waals surface area contributed by atoms with Crippen LogP contribution in [-0.4, -0.2) is 72.6 Å². The third-order valence-electron chi connectivity index (χ3n) is 10.1. The van der Waals surface area contributed by atoms with Gasteiger partial charge in [0.2, 0.25) is 21.8 Å². The molecule has 0 bridgehead atoms. The van der Waals surface area contributed by atoms with E-state index in [0.717, 1.165) is 23.4 Å². The van der Waals surface area contributed by atoms with Crippen molar-refractivity contribution in [3.63, 3.8) is 0 Å². The lowest BCUT2D eigenvalue weighted by atomic mass is 9.93. The van der Waals surface area contributed by atoms with E-state index in [9.17, 15) is 40.8 Å². The Balaban J connectivity index is 1.23.